The van der Waals surface area contributed by atoms with Gasteiger partial charge in [-0.3, -0.25) is 9.78 Å². The van der Waals surface area contributed by atoms with E-state index < -0.39 is 42.5 Å². The molecule has 1 aliphatic carbocycles. The molecule has 9 heteroatoms. The summed E-state index contributed by atoms with van der Waals surface area (Å²) in [4.78, 5) is 14.1. The fourth-order valence-electron chi connectivity index (χ4n) is 1.72. The SMILES string of the molecule is NC(=O)c1cccnc1.O[C@H]1[C@H](O)[C@@H](O)[C@H](O)[C@@H](O)[C@H]1O. The minimum Gasteiger partial charge on any atom is -0.387 e. The Balaban J connectivity index is 0.000000219. The summed E-state index contributed by atoms with van der Waals surface area (Å²) in [5.74, 6) is -0.442. The van der Waals surface area contributed by atoms with Crippen LogP contribution in [0.25, 0.3) is 0 Å². The topological polar surface area (TPSA) is 177 Å². The minimum absolute atomic E-state index is 0.442. The van der Waals surface area contributed by atoms with E-state index in [9.17, 15) is 4.79 Å². The molecule has 1 amide bonds. The second kappa shape index (κ2) is 7.41. The average Bonchev–Trinajstić information content (AvgIpc) is 2.50. The molecule has 1 fully saturated rings. The lowest BCUT2D eigenvalue weighted by molar-refractivity contribution is -0.223. The molecule has 0 bridgehead atoms. The average molecular weight is 302 g/mol. The first-order chi connectivity index (χ1) is 9.77. The standard InChI is InChI=1S/C6H6N2O.C6H12O6/c7-6(9)5-2-1-3-8-4-5;7-1-2(8)4(10)6(12)5(11)3(1)9/h1-4H,(H2,7,9);1-12H/t;1-,2-,3-,4+,5-,6-. The summed E-state index contributed by atoms with van der Waals surface area (Å²) < 4.78 is 0. The van der Waals surface area contributed by atoms with Gasteiger partial charge < -0.3 is 36.4 Å². The molecule has 1 aromatic rings. The molecule has 0 saturated heterocycles. The number of carbonyl (C=O) groups excluding carboxylic acids is 1. The Kier molecular flexibility index (Phi) is 6.15. The van der Waals surface area contributed by atoms with Crippen LogP contribution in [0.5, 0.6) is 0 Å². The van der Waals surface area contributed by atoms with Gasteiger partial charge in [0.15, 0.2) is 0 Å². The number of primary amides is 1. The fraction of sp³-hybridized carbons (Fsp3) is 0.500. The van der Waals surface area contributed by atoms with E-state index in [0.717, 1.165) is 0 Å². The largest absolute Gasteiger partial charge is 0.387 e. The first-order valence-corrected chi connectivity index (χ1v) is 6.05. The van der Waals surface area contributed by atoms with Gasteiger partial charge in [-0.2, -0.15) is 0 Å². The zero-order chi connectivity index (χ0) is 16.2. The summed E-state index contributed by atoms with van der Waals surface area (Å²) in [6.45, 7) is 0. The van der Waals surface area contributed by atoms with Crippen molar-refractivity contribution >= 4 is 5.91 Å². The van der Waals surface area contributed by atoms with Crippen LogP contribution < -0.4 is 5.73 Å². The van der Waals surface area contributed by atoms with Crippen molar-refractivity contribution in [2.75, 3.05) is 0 Å². The second-order valence-corrected chi connectivity index (χ2v) is 4.55. The van der Waals surface area contributed by atoms with Crippen molar-refractivity contribution in [1.82, 2.24) is 4.98 Å². The lowest BCUT2D eigenvalue weighted by atomic mass is 9.85. The molecular weight excluding hydrogens is 284 g/mol. The number of nitrogens with zero attached hydrogens (tertiary/aromatic N) is 1. The fourth-order valence-corrected chi connectivity index (χ4v) is 1.72. The molecule has 0 aromatic carbocycles. The molecule has 0 unspecified atom stereocenters. The molecule has 21 heavy (non-hydrogen) atoms. The number of hydrogen-bond acceptors (Lipinski definition) is 8. The highest BCUT2D eigenvalue weighted by molar-refractivity contribution is 5.92. The number of carbonyl (C=O) groups is 1. The molecule has 0 aliphatic heterocycles. The maximum Gasteiger partial charge on any atom is 0.250 e. The van der Waals surface area contributed by atoms with Gasteiger partial charge in [-0.15, -0.1) is 0 Å². The highest BCUT2D eigenvalue weighted by Crippen LogP contribution is 2.20. The number of nitrogens with two attached hydrogens (primary N) is 1. The molecule has 0 atom stereocenters. The lowest BCUT2D eigenvalue weighted by Gasteiger charge is -2.39. The number of aliphatic hydroxyl groups is 6. The lowest BCUT2D eigenvalue weighted by Crippen LogP contribution is -2.63. The summed E-state index contributed by atoms with van der Waals surface area (Å²) in [5.41, 5.74) is 5.38. The highest BCUT2D eigenvalue weighted by Gasteiger charge is 2.47. The summed E-state index contributed by atoms with van der Waals surface area (Å²) in [5, 5.41) is 53.8. The molecule has 1 aliphatic rings. The second-order valence-electron chi connectivity index (χ2n) is 4.55. The molecule has 1 saturated carbocycles. The summed E-state index contributed by atoms with van der Waals surface area (Å²) >= 11 is 0. The molecular formula is C12H18N2O7. The van der Waals surface area contributed by atoms with Crippen LogP contribution in [0.2, 0.25) is 0 Å². The predicted octanol–water partition coefficient (Wildman–Crippen LogP) is -3.65. The smallest absolute Gasteiger partial charge is 0.250 e. The predicted molar refractivity (Wildman–Crippen MR) is 68.8 cm³/mol. The highest BCUT2D eigenvalue weighted by atomic mass is 16.4. The van der Waals surface area contributed by atoms with E-state index in [2.05, 4.69) is 4.98 Å². The zero-order valence-electron chi connectivity index (χ0n) is 10.9. The molecule has 9 nitrogen and oxygen atoms in total. The van der Waals surface area contributed by atoms with Crippen LogP contribution in [-0.4, -0.2) is 78.2 Å². The third-order valence-electron chi connectivity index (χ3n) is 3.05. The van der Waals surface area contributed by atoms with Crippen LogP contribution in [0, 0.1) is 0 Å². The summed E-state index contributed by atoms with van der Waals surface area (Å²) in [7, 11) is 0. The Morgan fingerprint density at radius 3 is 1.48 bits per heavy atom. The van der Waals surface area contributed by atoms with Crippen molar-refractivity contribution in [1.29, 1.82) is 0 Å². The van der Waals surface area contributed by atoms with Gasteiger partial charge in [0.05, 0.1) is 5.56 Å². The Morgan fingerprint density at radius 1 is 0.905 bits per heavy atom. The van der Waals surface area contributed by atoms with E-state index in [0.29, 0.717) is 5.56 Å². The van der Waals surface area contributed by atoms with Gasteiger partial charge in [-0.25, -0.2) is 0 Å². The Morgan fingerprint density at radius 2 is 1.29 bits per heavy atom. The zero-order valence-corrected chi connectivity index (χ0v) is 10.9. The van der Waals surface area contributed by atoms with Crippen LogP contribution in [0.15, 0.2) is 24.5 Å². The van der Waals surface area contributed by atoms with E-state index in [4.69, 9.17) is 36.4 Å². The van der Waals surface area contributed by atoms with Gasteiger partial charge in [0, 0.05) is 12.4 Å². The van der Waals surface area contributed by atoms with Gasteiger partial charge in [0.1, 0.15) is 36.6 Å². The van der Waals surface area contributed by atoms with Gasteiger partial charge in [-0.05, 0) is 12.1 Å². The number of amides is 1. The summed E-state index contributed by atoms with van der Waals surface area (Å²) in [6.07, 6.45) is -6.82. The quantitative estimate of drug-likeness (QED) is 0.277. The van der Waals surface area contributed by atoms with Crippen molar-refractivity contribution in [3.63, 3.8) is 0 Å². The number of pyridine rings is 1. The van der Waals surface area contributed by atoms with E-state index >= 15 is 0 Å². The Bertz CT molecular complexity index is 400. The molecule has 0 spiro atoms. The number of aliphatic hydroxyl groups excluding tert-OH is 6. The van der Waals surface area contributed by atoms with Gasteiger partial charge in [-0.1, -0.05) is 0 Å². The number of rotatable bonds is 1. The van der Waals surface area contributed by atoms with Crippen molar-refractivity contribution in [3.05, 3.63) is 30.1 Å². The monoisotopic (exact) mass is 302 g/mol. The van der Waals surface area contributed by atoms with E-state index in [1.807, 2.05) is 0 Å². The minimum atomic E-state index is -1.64. The molecule has 2 rings (SSSR count). The van der Waals surface area contributed by atoms with E-state index in [-0.39, 0.29) is 0 Å². The van der Waals surface area contributed by atoms with Gasteiger partial charge >= 0.3 is 0 Å². The van der Waals surface area contributed by atoms with E-state index in [1.54, 1.807) is 18.3 Å². The van der Waals surface area contributed by atoms with Gasteiger partial charge in [0.25, 0.3) is 0 Å². The van der Waals surface area contributed by atoms with Crippen molar-refractivity contribution in [2.24, 2.45) is 5.73 Å². The van der Waals surface area contributed by atoms with Crippen LogP contribution in [0.1, 0.15) is 10.4 Å². The van der Waals surface area contributed by atoms with Crippen LogP contribution in [0.4, 0.5) is 0 Å². The normalized spacial score (nSPS) is 35.5. The molecule has 1 heterocycles. The first kappa shape index (κ1) is 17.4. The number of hydrogen-bond donors (Lipinski definition) is 7. The molecule has 118 valence electrons. The Hall–Kier alpha value is -1.62. The third-order valence-corrected chi connectivity index (χ3v) is 3.05. The van der Waals surface area contributed by atoms with E-state index in [1.165, 1.54) is 6.20 Å². The van der Waals surface area contributed by atoms with Crippen LogP contribution in [-0.2, 0) is 0 Å². The number of aromatic nitrogens is 1. The Labute approximate surface area is 119 Å². The summed E-state index contributed by atoms with van der Waals surface area (Å²) in [6, 6.07) is 3.29. The molecule has 8 N–H and O–H groups in total. The van der Waals surface area contributed by atoms with Crippen molar-refractivity contribution in [2.45, 2.75) is 36.6 Å². The maximum atomic E-state index is 10.4. The van der Waals surface area contributed by atoms with Crippen molar-refractivity contribution in [3.8, 4) is 0 Å². The van der Waals surface area contributed by atoms with Crippen molar-refractivity contribution < 1.29 is 35.4 Å². The maximum absolute atomic E-state index is 10.4. The first-order valence-electron chi connectivity index (χ1n) is 6.05. The molecule has 1 aromatic heterocycles. The van der Waals surface area contributed by atoms with Crippen LogP contribution >= 0.6 is 0 Å². The van der Waals surface area contributed by atoms with Crippen LogP contribution in [0.3, 0.4) is 0 Å². The third kappa shape index (κ3) is 4.17. The molecule has 0 radical (unpaired) electrons. The van der Waals surface area contributed by atoms with Gasteiger partial charge in [0.2, 0.25) is 5.91 Å².